The zero-order chi connectivity index (χ0) is 19.7. The Morgan fingerprint density at radius 2 is 1.86 bits per heavy atom. The van der Waals surface area contributed by atoms with Crippen molar-refractivity contribution in [2.75, 3.05) is 11.9 Å². The molecule has 0 saturated carbocycles. The van der Waals surface area contributed by atoms with Gasteiger partial charge in [-0.25, -0.2) is 9.48 Å². The molecule has 1 aliphatic heterocycles. The summed E-state index contributed by atoms with van der Waals surface area (Å²) in [6.45, 7) is 1.10. The lowest BCUT2D eigenvalue weighted by molar-refractivity contribution is 0.0688. The number of carboxylic acids is 1. The molecule has 2 aromatic carbocycles. The van der Waals surface area contributed by atoms with Crippen LogP contribution in [0.5, 0.6) is 0 Å². The number of nitrogens with one attached hydrogen (secondary N) is 1. The Morgan fingerprint density at radius 1 is 1.14 bits per heavy atom. The molecule has 6 nitrogen and oxygen atoms in total. The highest BCUT2D eigenvalue weighted by atomic mass is 79.9. The minimum atomic E-state index is -1.03. The number of para-hydroxylation sites is 1. The number of nitrogens with zero attached hydrogens (tertiary/aromatic N) is 3. The molecule has 0 unspecified atom stereocenters. The maximum Gasteiger partial charge on any atom is 0.356 e. The van der Waals surface area contributed by atoms with Crippen molar-refractivity contribution in [1.82, 2.24) is 14.7 Å². The molecule has 2 heterocycles. The Hall–Kier alpha value is -2.71. The maximum atomic E-state index is 11.8. The Balaban J connectivity index is 1.63. The smallest absolute Gasteiger partial charge is 0.356 e. The van der Waals surface area contributed by atoms with Crippen LogP contribution < -0.4 is 5.32 Å². The van der Waals surface area contributed by atoms with E-state index in [1.54, 1.807) is 4.68 Å². The summed E-state index contributed by atoms with van der Waals surface area (Å²) in [5, 5.41) is 17.8. The summed E-state index contributed by atoms with van der Waals surface area (Å²) in [6, 6.07) is 17.3. The van der Waals surface area contributed by atoms with E-state index < -0.39 is 5.97 Å². The third-order valence-electron chi connectivity index (χ3n) is 4.64. The average molecular weight is 457 g/mol. The molecule has 0 fully saturated rings. The zero-order valence-corrected chi connectivity index (χ0v) is 17.2. The van der Waals surface area contributed by atoms with Gasteiger partial charge >= 0.3 is 5.97 Å². The molecule has 0 saturated heterocycles. The highest BCUT2D eigenvalue weighted by molar-refractivity contribution is 9.10. The highest BCUT2D eigenvalue weighted by Crippen LogP contribution is 2.26. The number of rotatable bonds is 3. The molecular formula is C20H17BrN4O2S. The fraction of sp³-hybridized carbons (Fsp3) is 0.150. The van der Waals surface area contributed by atoms with Gasteiger partial charge in [0.1, 0.15) is 0 Å². The lowest BCUT2D eigenvalue weighted by atomic mass is 10.1. The minimum Gasteiger partial charge on any atom is -0.476 e. The molecule has 0 radical (unpaired) electrons. The summed E-state index contributed by atoms with van der Waals surface area (Å²) in [5.41, 5.74) is 3.44. The van der Waals surface area contributed by atoms with E-state index in [2.05, 4.69) is 26.3 Å². The number of hydrogen-bond donors (Lipinski definition) is 2. The number of anilines is 1. The van der Waals surface area contributed by atoms with Crippen LogP contribution in [0.3, 0.4) is 0 Å². The third kappa shape index (κ3) is 3.65. The Bertz CT molecular complexity index is 1030. The van der Waals surface area contributed by atoms with Crippen LogP contribution in [-0.4, -0.2) is 37.4 Å². The number of carboxylic acid groups (broad SMARTS) is 1. The molecule has 0 bridgehead atoms. The van der Waals surface area contributed by atoms with Crippen LogP contribution in [0.4, 0.5) is 5.69 Å². The number of fused-ring (bicyclic) bond motifs is 1. The van der Waals surface area contributed by atoms with Crippen LogP contribution in [0.25, 0.3) is 5.69 Å². The summed E-state index contributed by atoms with van der Waals surface area (Å²) in [4.78, 5) is 13.8. The normalized spacial score (nSPS) is 13.1. The van der Waals surface area contributed by atoms with Gasteiger partial charge in [-0.2, -0.15) is 5.10 Å². The van der Waals surface area contributed by atoms with Crippen molar-refractivity contribution >= 4 is 44.9 Å². The lowest BCUT2D eigenvalue weighted by Gasteiger charge is -2.30. The lowest BCUT2D eigenvalue weighted by Crippen LogP contribution is -2.39. The van der Waals surface area contributed by atoms with Crippen molar-refractivity contribution < 1.29 is 9.90 Å². The van der Waals surface area contributed by atoms with E-state index in [4.69, 9.17) is 12.2 Å². The van der Waals surface area contributed by atoms with Gasteiger partial charge in [-0.05, 0) is 48.6 Å². The summed E-state index contributed by atoms with van der Waals surface area (Å²) >= 11 is 8.96. The average Bonchev–Trinajstić information content (AvgIpc) is 3.08. The Kier molecular flexibility index (Phi) is 5.15. The molecule has 3 aromatic rings. The summed E-state index contributed by atoms with van der Waals surface area (Å²) in [5.74, 6) is -1.03. The van der Waals surface area contributed by atoms with Crippen LogP contribution in [0.1, 0.15) is 21.7 Å². The van der Waals surface area contributed by atoms with Crippen LogP contribution in [0.2, 0.25) is 0 Å². The molecule has 0 aliphatic carbocycles. The van der Waals surface area contributed by atoms with Crippen molar-refractivity contribution in [3.63, 3.8) is 0 Å². The van der Waals surface area contributed by atoms with Gasteiger partial charge in [0.15, 0.2) is 10.8 Å². The molecule has 0 amide bonds. The molecular weight excluding hydrogens is 440 g/mol. The Morgan fingerprint density at radius 3 is 2.54 bits per heavy atom. The second-order valence-electron chi connectivity index (χ2n) is 6.43. The number of halogens is 1. The van der Waals surface area contributed by atoms with Crippen molar-refractivity contribution in [2.45, 2.75) is 13.0 Å². The van der Waals surface area contributed by atoms with Crippen LogP contribution in [-0.2, 0) is 13.0 Å². The zero-order valence-electron chi connectivity index (χ0n) is 14.8. The van der Waals surface area contributed by atoms with Gasteiger partial charge in [-0.15, -0.1) is 0 Å². The molecule has 28 heavy (non-hydrogen) atoms. The van der Waals surface area contributed by atoms with Gasteiger partial charge < -0.3 is 15.3 Å². The van der Waals surface area contributed by atoms with E-state index in [0.29, 0.717) is 30.2 Å². The highest BCUT2D eigenvalue weighted by Gasteiger charge is 2.29. The minimum absolute atomic E-state index is 0.0742. The summed E-state index contributed by atoms with van der Waals surface area (Å²) < 4.78 is 2.69. The summed E-state index contributed by atoms with van der Waals surface area (Å²) in [6.07, 6.45) is 0.655. The van der Waals surface area contributed by atoms with Gasteiger partial charge in [0.2, 0.25) is 0 Å². The predicted molar refractivity (Wildman–Crippen MR) is 115 cm³/mol. The van der Waals surface area contributed by atoms with E-state index in [-0.39, 0.29) is 5.69 Å². The number of aromatic nitrogens is 2. The fourth-order valence-corrected chi connectivity index (χ4v) is 3.82. The van der Waals surface area contributed by atoms with Gasteiger partial charge in [0, 0.05) is 35.2 Å². The molecule has 0 spiro atoms. The quantitative estimate of drug-likeness (QED) is 0.578. The molecule has 2 N–H and O–H groups in total. The topological polar surface area (TPSA) is 70.4 Å². The second-order valence-corrected chi connectivity index (χ2v) is 7.74. The monoisotopic (exact) mass is 456 g/mol. The van der Waals surface area contributed by atoms with Gasteiger partial charge in [0.25, 0.3) is 0 Å². The molecule has 0 atom stereocenters. The molecule has 8 heteroatoms. The van der Waals surface area contributed by atoms with E-state index in [9.17, 15) is 9.90 Å². The van der Waals surface area contributed by atoms with Crippen molar-refractivity contribution in [3.05, 3.63) is 76.0 Å². The van der Waals surface area contributed by atoms with Gasteiger partial charge in [-0.3, -0.25) is 0 Å². The SMILES string of the molecule is O=C(O)c1nn(-c2ccc(Br)cc2)c2c1CN(C(=S)Nc1ccccc1)CC2. The molecule has 142 valence electrons. The second kappa shape index (κ2) is 7.73. The third-order valence-corrected chi connectivity index (χ3v) is 5.53. The maximum absolute atomic E-state index is 11.8. The molecule has 1 aliphatic rings. The number of thiocarbonyl (C=S) groups is 1. The summed E-state index contributed by atoms with van der Waals surface area (Å²) in [7, 11) is 0. The molecule has 1 aromatic heterocycles. The Labute approximate surface area is 175 Å². The van der Waals surface area contributed by atoms with Gasteiger partial charge in [-0.1, -0.05) is 34.1 Å². The van der Waals surface area contributed by atoms with E-state index in [1.165, 1.54) is 0 Å². The van der Waals surface area contributed by atoms with Crippen molar-refractivity contribution in [3.8, 4) is 5.69 Å². The van der Waals surface area contributed by atoms with Crippen LogP contribution in [0, 0.1) is 0 Å². The first-order valence-corrected chi connectivity index (χ1v) is 9.94. The van der Waals surface area contributed by atoms with Crippen LogP contribution in [0.15, 0.2) is 59.1 Å². The molecule has 4 rings (SSSR count). The first-order valence-electron chi connectivity index (χ1n) is 8.74. The van der Waals surface area contributed by atoms with E-state index in [1.807, 2.05) is 59.5 Å². The number of hydrogen-bond acceptors (Lipinski definition) is 3. The van der Waals surface area contributed by atoms with Crippen molar-refractivity contribution in [2.24, 2.45) is 0 Å². The van der Waals surface area contributed by atoms with E-state index >= 15 is 0 Å². The van der Waals surface area contributed by atoms with E-state index in [0.717, 1.165) is 21.5 Å². The number of carbonyl (C=O) groups is 1. The van der Waals surface area contributed by atoms with Gasteiger partial charge in [0.05, 0.1) is 11.4 Å². The first-order chi connectivity index (χ1) is 13.5. The number of aromatic carboxylic acids is 1. The predicted octanol–water partition coefficient (Wildman–Crippen LogP) is 4.09. The van der Waals surface area contributed by atoms with Crippen molar-refractivity contribution in [1.29, 1.82) is 0 Å². The van der Waals surface area contributed by atoms with Crippen LogP contribution >= 0.6 is 28.1 Å². The fourth-order valence-electron chi connectivity index (χ4n) is 3.28. The number of benzene rings is 2. The largest absolute Gasteiger partial charge is 0.476 e. The standard InChI is InChI=1S/C20H17BrN4O2S/c21-13-6-8-15(9-7-13)25-17-10-11-24(12-16(17)18(23-25)19(26)27)20(28)22-14-4-2-1-3-5-14/h1-9H,10-12H2,(H,22,28)(H,26,27). The first kappa shape index (κ1) is 18.6.